The lowest BCUT2D eigenvalue weighted by atomic mass is 10.2. The summed E-state index contributed by atoms with van der Waals surface area (Å²) < 4.78 is 32.4. The van der Waals surface area contributed by atoms with Crippen molar-refractivity contribution >= 4 is 15.8 Å². The molecule has 0 amide bonds. The largest absolute Gasteiger partial charge is 0.495 e. The van der Waals surface area contributed by atoms with Gasteiger partial charge in [-0.3, -0.25) is 4.72 Å². The van der Waals surface area contributed by atoms with Crippen LogP contribution in [0.2, 0.25) is 0 Å². The van der Waals surface area contributed by atoms with Gasteiger partial charge in [-0.1, -0.05) is 12.1 Å². The third kappa shape index (κ3) is 3.32. The number of benzene rings is 1. The minimum absolute atomic E-state index is 0.0274. The summed E-state index contributed by atoms with van der Waals surface area (Å²) in [4.78, 5) is 3.97. The highest BCUT2D eigenvalue weighted by Crippen LogP contribution is 2.27. The first-order valence-electron chi connectivity index (χ1n) is 6.20. The SMILES string of the molecule is COc1ccc(C)cc1S(=O)(=O)Nc1ncccc1CO. The molecule has 0 aliphatic carbocycles. The number of pyridine rings is 1. The molecule has 0 atom stereocenters. The van der Waals surface area contributed by atoms with E-state index in [0.29, 0.717) is 5.56 Å². The van der Waals surface area contributed by atoms with E-state index in [4.69, 9.17) is 4.74 Å². The molecule has 2 N–H and O–H groups in total. The number of rotatable bonds is 5. The van der Waals surface area contributed by atoms with Crippen molar-refractivity contribution in [1.82, 2.24) is 4.98 Å². The Balaban J connectivity index is 2.46. The first kappa shape index (κ1) is 15.3. The number of aromatic nitrogens is 1. The number of ether oxygens (including phenoxy) is 1. The van der Waals surface area contributed by atoms with E-state index in [9.17, 15) is 13.5 Å². The van der Waals surface area contributed by atoms with Crippen molar-refractivity contribution in [3.05, 3.63) is 47.7 Å². The van der Waals surface area contributed by atoms with Gasteiger partial charge in [-0.15, -0.1) is 0 Å². The second-order valence-electron chi connectivity index (χ2n) is 4.43. The summed E-state index contributed by atoms with van der Waals surface area (Å²) in [6.45, 7) is 1.48. The molecule has 0 aliphatic rings. The fraction of sp³-hybridized carbons (Fsp3) is 0.214. The Labute approximate surface area is 123 Å². The molecular weight excluding hydrogens is 292 g/mol. The second kappa shape index (κ2) is 6.11. The Kier molecular flexibility index (Phi) is 4.44. The highest BCUT2D eigenvalue weighted by molar-refractivity contribution is 7.92. The molecule has 0 fully saturated rings. The average Bonchev–Trinajstić information content (AvgIpc) is 2.47. The van der Waals surface area contributed by atoms with E-state index in [2.05, 4.69) is 9.71 Å². The van der Waals surface area contributed by atoms with Gasteiger partial charge in [0.1, 0.15) is 16.5 Å². The van der Waals surface area contributed by atoms with E-state index >= 15 is 0 Å². The van der Waals surface area contributed by atoms with Crippen LogP contribution in [0.1, 0.15) is 11.1 Å². The van der Waals surface area contributed by atoms with Crippen molar-refractivity contribution in [1.29, 1.82) is 0 Å². The predicted octanol–water partition coefficient (Wildman–Crippen LogP) is 1.69. The molecule has 0 aliphatic heterocycles. The zero-order chi connectivity index (χ0) is 15.5. The van der Waals surface area contributed by atoms with Crippen molar-refractivity contribution in [3.8, 4) is 5.75 Å². The molecule has 1 aromatic carbocycles. The molecule has 0 saturated carbocycles. The van der Waals surface area contributed by atoms with Crippen molar-refractivity contribution < 1.29 is 18.3 Å². The molecule has 2 aromatic rings. The van der Waals surface area contributed by atoms with Crippen molar-refractivity contribution in [2.75, 3.05) is 11.8 Å². The first-order chi connectivity index (χ1) is 9.97. The normalized spacial score (nSPS) is 11.2. The zero-order valence-electron chi connectivity index (χ0n) is 11.7. The van der Waals surface area contributed by atoms with Crippen molar-refractivity contribution in [2.45, 2.75) is 18.4 Å². The Morgan fingerprint density at radius 2 is 2.10 bits per heavy atom. The van der Waals surface area contributed by atoms with Crippen LogP contribution >= 0.6 is 0 Å². The molecule has 0 spiro atoms. The molecule has 0 saturated heterocycles. The number of nitrogens with one attached hydrogen (secondary N) is 1. The van der Waals surface area contributed by atoms with Crippen LogP contribution < -0.4 is 9.46 Å². The summed E-state index contributed by atoms with van der Waals surface area (Å²) in [5.41, 5.74) is 1.19. The van der Waals surface area contributed by atoms with Gasteiger partial charge in [-0.05, 0) is 30.7 Å². The number of anilines is 1. The molecule has 112 valence electrons. The maximum absolute atomic E-state index is 12.5. The highest BCUT2D eigenvalue weighted by atomic mass is 32.2. The quantitative estimate of drug-likeness (QED) is 0.877. The fourth-order valence-corrected chi connectivity index (χ4v) is 3.14. The van der Waals surface area contributed by atoms with Gasteiger partial charge in [0.25, 0.3) is 10.0 Å². The minimum Gasteiger partial charge on any atom is -0.495 e. The van der Waals surface area contributed by atoms with Gasteiger partial charge in [-0.2, -0.15) is 0 Å². The van der Waals surface area contributed by atoms with Gasteiger partial charge in [0, 0.05) is 11.8 Å². The number of methoxy groups -OCH3 is 1. The van der Waals surface area contributed by atoms with Crippen LogP contribution in [0.15, 0.2) is 41.4 Å². The number of sulfonamides is 1. The average molecular weight is 308 g/mol. The molecule has 1 heterocycles. The van der Waals surface area contributed by atoms with Gasteiger partial charge in [0.2, 0.25) is 0 Å². The monoisotopic (exact) mass is 308 g/mol. The molecule has 7 heteroatoms. The Morgan fingerprint density at radius 3 is 2.76 bits per heavy atom. The molecule has 2 rings (SSSR count). The van der Waals surface area contributed by atoms with Crippen LogP contribution in [-0.4, -0.2) is 25.6 Å². The van der Waals surface area contributed by atoms with E-state index in [1.807, 2.05) is 0 Å². The van der Waals surface area contributed by atoms with E-state index in [1.165, 1.54) is 19.4 Å². The fourth-order valence-electron chi connectivity index (χ4n) is 1.83. The Hall–Kier alpha value is -2.12. The summed E-state index contributed by atoms with van der Waals surface area (Å²) in [7, 11) is -2.45. The maximum Gasteiger partial charge on any atom is 0.266 e. The van der Waals surface area contributed by atoms with Crippen molar-refractivity contribution in [2.24, 2.45) is 0 Å². The molecule has 0 bridgehead atoms. The zero-order valence-corrected chi connectivity index (χ0v) is 12.5. The number of nitrogens with zero attached hydrogens (tertiary/aromatic N) is 1. The van der Waals surface area contributed by atoms with E-state index in [1.54, 1.807) is 31.2 Å². The third-order valence-corrected chi connectivity index (χ3v) is 4.26. The lowest BCUT2D eigenvalue weighted by Crippen LogP contribution is -2.16. The van der Waals surface area contributed by atoms with Gasteiger partial charge >= 0.3 is 0 Å². The topological polar surface area (TPSA) is 88.5 Å². The van der Waals surface area contributed by atoms with Crippen LogP contribution in [0.5, 0.6) is 5.75 Å². The summed E-state index contributed by atoms with van der Waals surface area (Å²) >= 11 is 0. The van der Waals surface area contributed by atoms with Gasteiger partial charge in [0.15, 0.2) is 0 Å². The second-order valence-corrected chi connectivity index (χ2v) is 6.08. The highest BCUT2D eigenvalue weighted by Gasteiger charge is 2.21. The number of aliphatic hydroxyl groups excluding tert-OH is 1. The molecule has 0 unspecified atom stereocenters. The summed E-state index contributed by atoms with van der Waals surface area (Å²) in [6.07, 6.45) is 1.45. The van der Waals surface area contributed by atoms with Crippen LogP contribution in [0, 0.1) is 6.92 Å². The van der Waals surface area contributed by atoms with Crippen LogP contribution in [0.25, 0.3) is 0 Å². The summed E-state index contributed by atoms with van der Waals surface area (Å²) in [5.74, 6) is 0.345. The Morgan fingerprint density at radius 1 is 1.33 bits per heavy atom. The predicted molar refractivity (Wildman–Crippen MR) is 78.7 cm³/mol. The number of aryl methyl sites for hydroxylation is 1. The van der Waals surface area contributed by atoms with Gasteiger partial charge < -0.3 is 9.84 Å². The molecular formula is C14H16N2O4S. The number of hydrogen-bond acceptors (Lipinski definition) is 5. The molecule has 21 heavy (non-hydrogen) atoms. The third-order valence-electron chi connectivity index (χ3n) is 2.90. The summed E-state index contributed by atoms with van der Waals surface area (Å²) in [6, 6.07) is 8.09. The lowest BCUT2D eigenvalue weighted by Gasteiger charge is -2.13. The van der Waals surface area contributed by atoms with Crippen LogP contribution in [-0.2, 0) is 16.6 Å². The molecule has 0 radical (unpaired) electrons. The van der Waals surface area contributed by atoms with E-state index in [-0.39, 0.29) is 23.1 Å². The van der Waals surface area contributed by atoms with E-state index in [0.717, 1.165) is 5.56 Å². The van der Waals surface area contributed by atoms with Gasteiger partial charge in [0.05, 0.1) is 13.7 Å². The van der Waals surface area contributed by atoms with Crippen molar-refractivity contribution in [3.63, 3.8) is 0 Å². The van der Waals surface area contributed by atoms with Crippen LogP contribution in [0.4, 0.5) is 5.82 Å². The molecule has 1 aromatic heterocycles. The maximum atomic E-state index is 12.5. The lowest BCUT2D eigenvalue weighted by molar-refractivity contribution is 0.282. The molecule has 6 nitrogen and oxygen atoms in total. The number of hydrogen-bond donors (Lipinski definition) is 2. The number of aliphatic hydroxyl groups is 1. The van der Waals surface area contributed by atoms with Crippen LogP contribution in [0.3, 0.4) is 0 Å². The smallest absolute Gasteiger partial charge is 0.266 e. The van der Waals surface area contributed by atoms with E-state index < -0.39 is 10.0 Å². The minimum atomic E-state index is -3.86. The first-order valence-corrected chi connectivity index (χ1v) is 7.68. The Bertz CT molecular complexity index is 744. The standard InChI is InChI=1S/C14H16N2O4S/c1-10-5-6-12(20-2)13(8-10)21(18,19)16-14-11(9-17)4-3-7-15-14/h3-8,17H,9H2,1-2H3,(H,15,16). The van der Waals surface area contributed by atoms with Gasteiger partial charge in [-0.25, -0.2) is 13.4 Å². The summed E-state index contributed by atoms with van der Waals surface area (Å²) in [5, 5.41) is 9.23.